The topological polar surface area (TPSA) is 52.3 Å². The van der Waals surface area contributed by atoms with E-state index in [9.17, 15) is 4.79 Å². The summed E-state index contributed by atoms with van der Waals surface area (Å²) in [5.74, 6) is -0.175. The van der Waals surface area contributed by atoms with Crippen molar-refractivity contribution in [1.29, 1.82) is 0 Å². The third kappa shape index (κ3) is 1.95. The van der Waals surface area contributed by atoms with Gasteiger partial charge in [0, 0.05) is 13.0 Å². The minimum atomic E-state index is -0.947. The molecule has 0 radical (unpaired) electrons. The summed E-state index contributed by atoms with van der Waals surface area (Å²) in [6.07, 6.45) is 4.31. The molecular weight excluding hydrogens is 214 g/mol. The molecular formula is C14H19NO2. The average Bonchev–Trinajstić information content (AvgIpc) is 2.86. The van der Waals surface area contributed by atoms with Gasteiger partial charge in [-0.15, -0.1) is 0 Å². The minimum absolute atomic E-state index is 0.201. The Morgan fingerprint density at radius 2 is 1.88 bits per heavy atom. The molecule has 3 nitrogen and oxygen atoms in total. The molecule has 1 aromatic rings. The predicted octanol–water partition coefficient (Wildman–Crippen LogP) is 2.20. The first-order valence-corrected chi connectivity index (χ1v) is 6.12. The van der Waals surface area contributed by atoms with Crippen LogP contribution in [0.25, 0.3) is 0 Å². The largest absolute Gasteiger partial charge is 0.367 e. The Hall–Kier alpha value is -1.35. The van der Waals surface area contributed by atoms with E-state index >= 15 is 0 Å². The van der Waals surface area contributed by atoms with Crippen LogP contribution < -0.4 is 5.73 Å². The van der Waals surface area contributed by atoms with Crippen molar-refractivity contribution in [3.8, 4) is 0 Å². The Kier molecular flexibility index (Phi) is 3.48. The van der Waals surface area contributed by atoms with E-state index in [4.69, 9.17) is 10.5 Å². The highest BCUT2D eigenvalue weighted by molar-refractivity contribution is 5.85. The summed E-state index contributed by atoms with van der Waals surface area (Å²) >= 11 is 0. The van der Waals surface area contributed by atoms with Gasteiger partial charge in [-0.05, 0) is 18.4 Å². The van der Waals surface area contributed by atoms with Crippen LogP contribution in [0.5, 0.6) is 0 Å². The van der Waals surface area contributed by atoms with Gasteiger partial charge in [0.1, 0.15) is 0 Å². The molecule has 0 spiro atoms. The number of rotatable bonds is 4. The lowest BCUT2D eigenvalue weighted by molar-refractivity contribution is -0.149. The lowest BCUT2D eigenvalue weighted by Crippen LogP contribution is -2.48. The molecule has 1 atom stereocenters. The lowest BCUT2D eigenvalue weighted by atomic mass is 9.79. The monoisotopic (exact) mass is 233 g/mol. The van der Waals surface area contributed by atoms with Gasteiger partial charge in [0.25, 0.3) is 5.91 Å². The summed E-state index contributed by atoms with van der Waals surface area (Å²) in [4.78, 5) is 11.9. The maximum Gasteiger partial charge on any atom is 0.254 e. The third-order valence-electron chi connectivity index (χ3n) is 3.82. The lowest BCUT2D eigenvalue weighted by Gasteiger charge is -2.35. The van der Waals surface area contributed by atoms with E-state index in [0.717, 1.165) is 31.2 Å². The smallest absolute Gasteiger partial charge is 0.254 e. The molecule has 2 rings (SSSR count). The van der Waals surface area contributed by atoms with Gasteiger partial charge >= 0.3 is 0 Å². The summed E-state index contributed by atoms with van der Waals surface area (Å²) in [5, 5.41) is 0. The Labute approximate surface area is 102 Å². The third-order valence-corrected chi connectivity index (χ3v) is 3.82. The molecule has 0 heterocycles. The Balaban J connectivity index is 2.45. The average molecular weight is 233 g/mol. The van der Waals surface area contributed by atoms with Gasteiger partial charge in [-0.3, -0.25) is 4.79 Å². The van der Waals surface area contributed by atoms with E-state index in [-0.39, 0.29) is 11.8 Å². The van der Waals surface area contributed by atoms with Crippen molar-refractivity contribution in [3.63, 3.8) is 0 Å². The number of carbonyl (C=O) groups excluding carboxylic acids is 1. The summed E-state index contributed by atoms with van der Waals surface area (Å²) < 4.78 is 5.59. The maximum atomic E-state index is 11.9. The number of hydrogen-bond acceptors (Lipinski definition) is 2. The van der Waals surface area contributed by atoms with Crippen LogP contribution in [0.4, 0.5) is 0 Å². The molecule has 1 fully saturated rings. The molecule has 0 saturated heterocycles. The highest BCUT2D eigenvalue weighted by Gasteiger charge is 2.47. The molecule has 92 valence electrons. The Morgan fingerprint density at radius 1 is 1.29 bits per heavy atom. The number of hydrogen-bond donors (Lipinski definition) is 1. The molecule has 0 bridgehead atoms. The second-order valence-electron chi connectivity index (χ2n) is 4.65. The van der Waals surface area contributed by atoms with Gasteiger partial charge in [0.05, 0.1) is 0 Å². The fraction of sp³-hybridized carbons (Fsp3) is 0.500. The van der Waals surface area contributed by atoms with E-state index in [1.807, 2.05) is 30.3 Å². The zero-order valence-corrected chi connectivity index (χ0v) is 10.2. The zero-order valence-electron chi connectivity index (χ0n) is 10.2. The first kappa shape index (κ1) is 12.1. The van der Waals surface area contributed by atoms with Crippen LogP contribution in [0.15, 0.2) is 30.3 Å². The van der Waals surface area contributed by atoms with E-state index in [1.54, 1.807) is 7.11 Å². The van der Waals surface area contributed by atoms with Crippen molar-refractivity contribution in [3.05, 3.63) is 35.9 Å². The van der Waals surface area contributed by atoms with Crippen molar-refractivity contribution < 1.29 is 9.53 Å². The molecule has 1 amide bonds. The van der Waals surface area contributed by atoms with Crippen LogP contribution >= 0.6 is 0 Å². The molecule has 1 aromatic carbocycles. The summed E-state index contributed by atoms with van der Waals surface area (Å²) in [5.41, 5.74) is 5.56. The van der Waals surface area contributed by atoms with Crippen LogP contribution in [0.2, 0.25) is 0 Å². The van der Waals surface area contributed by atoms with E-state index in [2.05, 4.69) is 0 Å². The van der Waals surface area contributed by atoms with Gasteiger partial charge < -0.3 is 10.5 Å². The molecule has 1 unspecified atom stereocenters. The Morgan fingerprint density at radius 3 is 2.35 bits per heavy atom. The number of methoxy groups -OCH3 is 1. The maximum absolute atomic E-state index is 11.9. The number of nitrogens with two attached hydrogens (primary N) is 1. The zero-order chi connectivity index (χ0) is 12.3. The highest BCUT2D eigenvalue weighted by atomic mass is 16.5. The second-order valence-corrected chi connectivity index (χ2v) is 4.65. The van der Waals surface area contributed by atoms with Crippen LogP contribution in [0, 0.1) is 5.92 Å². The van der Waals surface area contributed by atoms with Gasteiger partial charge in [-0.2, -0.15) is 0 Å². The van der Waals surface area contributed by atoms with Crippen molar-refractivity contribution in [1.82, 2.24) is 0 Å². The minimum Gasteiger partial charge on any atom is -0.367 e. The number of benzene rings is 1. The van der Waals surface area contributed by atoms with Gasteiger partial charge in [-0.1, -0.05) is 43.2 Å². The van der Waals surface area contributed by atoms with Crippen molar-refractivity contribution >= 4 is 5.91 Å². The van der Waals surface area contributed by atoms with Crippen molar-refractivity contribution in [2.24, 2.45) is 11.7 Å². The van der Waals surface area contributed by atoms with Gasteiger partial charge in [0.2, 0.25) is 0 Å². The molecule has 0 aliphatic heterocycles. The molecule has 1 saturated carbocycles. The molecule has 17 heavy (non-hydrogen) atoms. The van der Waals surface area contributed by atoms with Crippen LogP contribution in [-0.4, -0.2) is 13.0 Å². The van der Waals surface area contributed by atoms with E-state index < -0.39 is 5.60 Å². The second kappa shape index (κ2) is 4.88. The highest BCUT2D eigenvalue weighted by Crippen LogP contribution is 2.42. The number of amides is 1. The van der Waals surface area contributed by atoms with E-state index in [0.29, 0.717) is 0 Å². The standard InChI is InChI=1S/C14H19NO2/c1-17-14(13(15)16,12-9-5-6-10-12)11-7-3-2-4-8-11/h2-4,7-8,12H,5-6,9-10H2,1H3,(H2,15,16). The molecule has 1 aliphatic rings. The molecule has 0 aromatic heterocycles. The van der Waals surface area contributed by atoms with Gasteiger partial charge in [0.15, 0.2) is 5.60 Å². The van der Waals surface area contributed by atoms with Crippen LogP contribution in [-0.2, 0) is 15.1 Å². The first-order valence-electron chi connectivity index (χ1n) is 6.12. The summed E-state index contributed by atoms with van der Waals surface area (Å²) in [7, 11) is 1.58. The van der Waals surface area contributed by atoms with Crippen LogP contribution in [0.3, 0.4) is 0 Å². The predicted molar refractivity (Wildman–Crippen MR) is 66.3 cm³/mol. The number of ether oxygens (including phenoxy) is 1. The summed E-state index contributed by atoms with van der Waals surface area (Å²) in [6.45, 7) is 0. The molecule has 3 heteroatoms. The van der Waals surface area contributed by atoms with Crippen molar-refractivity contribution in [2.75, 3.05) is 7.11 Å². The van der Waals surface area contributed by atoms with Crippen LogP contribution in [0.1, 0.15) is 31.2 Å². The normalized spacial score (nSPS) is 20.1. The fourth-order valence-corrected chi connectivity index (χ4v) is 2.98. The molecule has 2 N–H and O–H groups in total. The fourth-order valence-electron chi connectivity index (χ4n) is 2.98. The van der Waals surface area contributed by atoms with Crippen molar-refractivity contribution in [2.45, 2.75) is 31.3 Å². The Bertz CT molecular complexity index is 384. The quantitative estimate of drug-likeness (QED) is 0.866. The van der Waals surface area contributed by atoms with E-state index in [1.165, 1.54) is 0 Å². The summed E-state index contributed by atoms with van der Waals surface area (Å²) in [6, 6.07) is 9.61. The first-order chi connectivity index (χ1) is 8.21. The number of primary amides is 1. The number of carbonyl (C=O) groups is 1. The van der Waals surface area contributed by atoms with Gasteiger partial charge in [-0.25, -0.2) is 0 Å². The molecule has 1 aliphatic carbocycles. The SMILES string of the molecule is COC(C(N)=O)(c1ccccc1)C1CCCC1.